The van der Waals surface area contributed by atoms with Gasteiger partial charge in [-0.05, 0) is 38.4 Å². The first-order chi connectivity index (χ1) is 10.2. The van der Waals surface area contributed by atoms with Crippen LogP contribution in [-0.4, -0.2) is 60.2 Å². The van der Waals surface area contributed by atoms with Crippen molar-refractivity contribution in [2.24, 2.45) is 5.73 Å². The van der Waals surface area contributed by atoms with Crippen LogP contribution in [0.2, 0.25) is 0 Å². The van der Waals surface area contributed by atoms with Crippen LogP contribution in [-0.2, 0) is 6.54 Å². The Bertz CT molecular complexity index is 459. The fourth-order valence-corrected chi connectivity index (χ4v) is 3.43. The summed E-state index contributed by atoms with van der Waals surface area (Å²) >= 11 is 0. The van der Waals surface area contributed by atoms with Crippen LogP contribution in [0.1, 0.15) is 25.0 Å². The summed E-state index contributed by atoms with van der Waals surface area (Å²) in [6.07, 6.45) is 3.56. The predicted octanol–water partition coefficient (Wildman–Crippen LogP) is 1.09. The zero-order chi connectivity index (χ0) is 14.7. The Kier molecular flexibility index (Phi) is 4.73. The van der Waals surface area contributed by atoms with Crippen molar-refractivity contribution in [3.05, 3.63) is 23.9 Å². The predicted molar refractivity (Wildman–Crippen MR) is 83.3 cm³/mol. The van der Waals surface area contributed by atoms with Crippen molar-refractivity contribution in [1.29, 1.82) is 0 Å². The lowest BCUT2D eigenvalue weighted by atomic mass is 10.0. The molecule has 116 valence electrons. The molecule has 3 rings (SSSR count). The molecule has 21 heavy (non-hydrogen) atoms. The maximum Gasteiger partial charge on any atom is 0.213 e. The number of pyridine rings is 1. The number of rotatable bonds is 4. The highest BCUT2D eigenvalue weighted by molar-refractivity contribution is 5.15. The van der Waals surface area contributed by atoms with Gasteiger partial charge in [-0.1, -0.05) is 6.07 Å². The van der Waals surface area contributed by atoms with Crippen molar-refractivity contribution in [2.45, 2.75) is 37.9 Å². The van der Waals surface area contributed by atoms with Crippen LogP contribution < -0.4 is 10.5 Å². The van der Waals surface area contributed by atoms with Crippen molar-refractivity contribution >= 4 is 0 Å². The first-order valence-corrected chi connectivity index (χ1v) is 7.96. The Hall–Kier alpha value is -1.17. The third-order valence-corrected chi connectivity index (χ3v) is 4.71. The molecule has 0 amide bonds. The smallest absolute Gasteiger partial charge is 0.213 e. The lowest BCUT2D eigenvalue weighted by Gasteiger charge is -2.34. The summed E-state index contributed by atoms with van der Waals surface area (Å²) in [5, 5.41) is 0. The molecule has 0 spiro atoms. The minimum Gasteiger partial charge on any atom is -0.481 e. The van der Waals surface area contributed by atoms with Gasteiger partial charge in [0.05, 0.1) is 12.8 Å². The molecule has 5 nitrogen and oxygen atoms in total. The summed E-state index contributed by atoms with van der Waals surface area (Å²) in [6, 6.07) is 7.10. The summed E-state index contributed by atoms with van der Waals surface area (Å²) in [6.45, 7) is 5.55. The molecule has 2 aliphatic heterocycles. The largest absolute Gasteiger partial charge is 0.481 e. The van der Waals surface area contributed by atoms with Crippen molar-refractivity contribution in [3.63, 3.8) is 0 Å². The van der Waals surface area contributed by atoms with E-state index >= 15 is 0 Å². The molecule has 0 aliphatic carbocycles. The van der Waals surface area contributed by atoms with Gasteiger partial charge in [0.15, 0.2) is 0 Å². The molecule has 2 fully saturated rings. The summed E-state index contributed by atoms with van der Waals surface area (Å²) in [5.74, 6) is 0.702. The van der Waals surface area contributed by atoms with E-state index in [1.165, 1.54) is 6.42 Å². The fraction of sp³-hybridized carbons (Fsp3) is 0.688. The Morgan fingerprint density at radius 3 is 2.81 bits per heavy atom. The van der Waals surface area contributed by atoms with Gasteiger partial charge in [0.2, 0.25) is 5.88 Å². The third-order valence-electron chi connectivity index (χ3n) is 4.71. The summed E-state index contributed by atoms with van der Waals surface area (Å²) in [5.41, 5.74) is 7.09. The number of aromatic nitrogens is 1. The molecule has 5 heteroatoms. The van der Waals surface area contributed by atoms with Crippen molar-refractivity contribution in [2.75, 3.05) is 33.3 Å². The highest BCUT2D eigenvalue weighted by Gasteiger charge is 2.29. The first-order valence-electron chi connectivity index (χ1n) is 7.96. The number of piperidine rings is 1. The van der Waals surface area contributed by atoms with Crippen LogP contribution in [0, 0.1) is 0 Å². The van der Waals surface area contributed by atoms with E-state index in [0.29, 0.717) is 18.0 Å². The van der Waals surface area contributed by atoms with E-state index in [4.69, 9.17) is 10.5 Å². The molecular formula is C16H26N4O. The van der Waals surface area contributed by atoms with E-state index in [1.54, 1.807) is 7.11 Å². The van der Waals surface area contributed by atoms with E-state index in [0.717, 1.165) is 51.3 Å². The van der Waals surface area contributed by atoms with Gasteiger partial charge >= 0.3 is 0 Å². The minimum absolute atomic E-state index is 0.416. The molecular weight excluding hydrogens is 264 g/mol. The average molecular weight is 290 g/mol. The van der Waals surface area contributed by atoms with E-state index in [1.807, 2.05) is 12.1 Å². The van der Waals surface area contributed by atoms with Gasteiger partial charge in [0.1, 0.15) is 0 Å². The second-order valence-corrected chi connectivity index (χ2v) is 6.22. The zero-order valence-corrected chi connectivity index (χ0v) is 12.9. The van der Waals surface area contributed by atoms with E-state index in [9.17, 15) is 0 Å². The summed E-state index contributed by atoms with van der Waals surface area (Å²) < 4.78 is 5.20. The van der Waals surface area contributed by atoms with Gasteiger partial charge in [-0.25, -0.2) is 4.98 Å². The Labute approximate surface area is 127 Å². The summed E-state index contributed by atoms with van der Waals surface area (Å²) in [7, 11) is 1.67. The fourth-order valence-electron chi connectivity index (χ4n) is 3.43. The average Bonchev–Trinajstić information content (AvgIpc) is 2.96. The lowest BCUT2D eigenvalue weighted by molar-refractivity contribution is 0.151. The second-order valence-electron chi connectivity index (χ2n) is 6.22. The SMILES string of the molecule is COc1cccc(CN2CCC(N3CCC(N)CC3)C2)n1. The lowest BCUT2D eigenvalue weighted by Crippen LogP contribution is -2.46. The molecule has 1 aromatic heterocycles. The molecule has 2 aliphatic rings. The van der Waals surface area contributed by atoms with E-state index < -0.39 is 0 Å². The number of nitrogens with zero attached hydrogens (tertiary/aromatic N) is 3. The van der Waals surface area contributed by atoms with Gasteiger partial charge in [0, 0.05) is 37.8 Å². The molecule has 1 aromatic rings. The molecule has 0 aromatic carbocycles. The molecule has 3 heterocycles. The quantitative estimate of drug-likeness (QED) is 0.899. The van der Waals surface area contributed by atoms with Gasteiger partial charge < -0.3 is 10.5 Å². The van der Waals surface area contributed by atoms with Crippen molar-refractivity contribution in [3.8, 4) is 5.88 Å². The number of hydrogen-bond acceptors (Lipinski definition) is 5. The highest BCUT2D eigenvalue weighted by atomic mass is 16.5. The first kappa shape index (κ1) is 14.8. The van der Waals surface area contributed by atoms with E-state index in [2.05, 4.69) is 20.9 Å². The monoisotopic (exact) mass is 290 g/mol. The molecule has 1 atom stereocenters. The van der Waals surface area contributed by atoms with E-state index in [-0.39, 0.29) is 0 Å². The standard InChI is InChI=1S/C16H26N4O/c1-21-16-4-2-3-14(18-16)11-19-8-7-15(12-19)20-9-5-13(17)6-10-20/h2-4,13,15H,5-12,17H2,1H3. The van der Waals surface area contributed by atoms with Crippen molar-refractivity contribution < 1.29 is 4.74 Å². The van der Waals surface area contributed by atoms with Crippen LogP contribution in [0.3, 0.4) is 0 Å². The van der Waals surface area contributed by atoms with Gasteiger partial charge in [-0.15, -0.1) is 0 Å². The van der Waals surface area contributed by atoms with Gasteiger partial charge in [-0.3, -0.25) is 9.80 Å². The Morgan fingerprint density at radius 1 is 1.24 bits per heavy atom. The van der Waals surface area contributed by atoms with Crippen LogP contribution in [0.4, 0.5) is 0 Å². The Morgan fingerprint density at radius 2 is 2.05 bits per heavy atom. The topological polar surface area (TPSA) is 54.6 Å². The number of nitrogens with two attached hydrogens (primary N) is 1. The normalized spacial score (nSPS) is 25.3. The van der Waals surface area contributed by atoms with Gasteiger partial charge in [-0.2, -0.15) is 0 Å². The maximum absolute atomic E-state index is 6.00. The molecule has 0 radical (unpaired) electrons. The van der Waals surface area contributed by atoms with Crippen LogP contribution >= 0.6 is 0 Å². The molecule has 2 saturated heterocycles. The van der Waals surface area contributed by atoms with Crippen molar-refractivity contribution in [1.82, 2.24) is 14.8 Å². The minimum atomic E-state index is 0.416. The molecule has 0 bridgehead atoms. The number of methoxy groups -OCH3 is 1. The Balaban J connectivity index is 1.52. The van der Waals surface area contributed by atoms with Crippen LogP contribution in [0.25, 0.3) is 0 Å². The molecule has 2 N–H and O–H groups in total. The number of ether oxygens (including phenoxy) is 1. The second kappa shape index (κ2) is 6.73. The zero-order valence-electron chi connectivity index (χ0n) is 12.9. The maximum atomic E-state index is 6.00. The number of likely N-dealkylation sites (tertiary alicyclic amines) is 2. The number of hydrogen-bond donors (Lipinski definition) is 1. The molecule has 1 unspecified atom stereocenters. The highest BCUT2D eigenvalue weighted by Crippen LogP contribution is 2.21. The summed E-state index contributed by atoms with van der Waals surface area (Å²) in [4.78, 5) is 9.64. The van der Waals surface area contributed by atoms with Gasteiger partial charge in [0.25, 0.3) is 0 Å². The molecule has 0 saturated carbocycles. The van der Waals surface area contributed by atoms with Crippen LogP contribution in [0.15, 0.2) is 18.2 Å². The third kappa shape index (κ3) is 3.73. The van der Waals surface area contributed by atoms with Crippen LogP contribution in [0.5, 0.6) is 5.88 Å².